The van der Waals surface area contributed by atoms with Gasteiger partial charge in [-0.1, -0.05) is 12.8 Å². The van der Waals surface area contributed by atoms with Crippen molar-refractivity contribution in [1.82, 2.24) is 9.80 Å². The van der Waals surface area contributed by atoms with Crippen LogP contribution in [0.3, 0.4) is 0 Å². The van der Waals surface area contributed by atoms with Gasteiger partial charge in [0.1, 0.15) is 0 Å². The van der Waals surface area contributed by atoms with Crippen molar-refractivity contribution in [1.29, 1.82) is 0 Å². The minimum Gasteiger partial charge on any atom is -0.330 e. The Balaban J connectivity index is 1.96. The Morgan fingerprint density at radius 2 is 1.88 bits per heavy atom. The molecule has 2 unspecified atom stereocenters. The molecule has 1 heterocycles. The van der Waals surface area contributed by atoms with E-state index < -0.39 is 0 Å². The summed E-state index contributed by atoms with van der Waals surface area (Å²) in [6, 6.07) is 0.578. The summed E-state index contributed by atoms with van der Waals surface area (Å²) in [5.74, 6) is 0.500. The van der Waals surface area contributed by atoms with Crippen molar-refractivity contribution < 1.29 is 4.79 Å². The molecule has 0 bridgehead atoms. The Hall–Kier alpha value is -0.770. The van der Waals surface area contributed by atoms with Crippen LogP contribution in [-0.4, -0.2) is 48.6 Å². The first-order valence-electron chi connectivity index (χ1n) is 6.96. The monoisotopic (exact) mass is 239 g/mol. The van der Waals surface area contributed by atoms with Gasteiger partial charge in [-0.3, -0.25) is 0 Å². The van der Waals surface area contributed by atoms with Crippen LogP contribution in [0, 0.1) is 5.92 Å². The minimum atomic E-state index is 0.216. The van der Waals surface area contributed by atoms with Crippen molar-refractivity contribution in [3.8, 4) is 0 Å². The van der Waals surface area contributed by atoms with E-state index in [1.54, 1.807) is 0 Å². The fraction of sp³-hybridized carbons (Fsp3) is 0.923. The number of amides is 2. The number of likely N-dealkylation sites (tertiary alicyclic amines) is 1. The van der Waals surface area contributed by atoms with Crippen LogP contribution in [0.25, 0.3) is 0 Å². The molecule has 4 nitrogen and oxygen atoms in total. The van der Waals surface area contributed by atoms with Gasteiger partial charge >= 0.3 is 6.03 Å². The van der Waals surface area contributed by atoms with Crippen LogP contribution in [0.2, 0.25) is 0 Å². The summed E-state index contributed by atoms with van der Waals surface area (Å²) in [5, 5.41) is 0. The summed E-state index contributed by atoms with van der Waals surface area (Å²) in [6.45, 7) is 2.58. The van der Waals surface area contributed by atoms with Crippen LogP contribution in [0.1, 0.15) is 38.5 Å². The molecule has 2 N–H and O–H groups in total. The zero-order chi connectivity index (χ0) is 12.3. The Morgan fingerprint density at radius 1 is 1.24 bits per heavy atom. The summed E-state index contributed by atoms with van der Waals surface area (Å²) >= 11 is 0. The highest BCUT2D eigenvalue weighted by molar-refractivity contribution is 5.74. The molecular weight excluding hydrogens is 214 g/mol. The lowest BCUT2D eigenvalue weighted by Gasteiger charge is -2.39. The van der Waals surface area contributed by atoms with E-state index >= 15 is 0 Å². The minimum absolute atomic E-state index is 0.216. The molecule has 2 aliphatic rings. The van der Waals surface area contributed by atoms with Crippen molar-refractivity contribution in [2.45, 2.75) is 44.6 Å². The van der Waals surface area contributed by atoms with Gasteiger partial charge in [0.15, 0.2) is 0 Å². The first kappa shape index (κ1) is 12.7. The third-order valence-corrected chi connectivity index (χ3v) is 4.35. The third kappa shape index (κ3) is 2.73. The second-order valence-corrected chi connectivity index (χ2v) is 5.44. The fourth-order valence-corrected chi connectivity index (χ4v) is 3.25. The molecule has 98 valence electrons. The van der Waals surface area contributed by atoms with E-state index in [9.17, 15) is 4.79 Å². The molecule has 2 rings (SSSR count). The van der Waals surface area contributed by atoms with Crippen molar-refractivity contribution in [3.63, 3.8) is 0 Å². The fourth-order valence-electron chi connectivity index (χ4n) is 3.25. The number of carbonyl (C=O) groups excluding carboxylic acids is 1. The maximum absolute atomic E-state index is 12.3. The Kier molecular flexibility index (Phi) is 4.26. The standard InChI is InChI=1S/C13H25N3O/c1-15(13(17)16-8-4-5-9-16)12-7-3-2-6-11(12)10-14/h11-12H,2-10,14H2,1H3. The van der Waals surface area contributed by atoms with Gasteiger partial charge in [0.2, 0.25) is 0 Å². The Morgan fingerprint density at radius 3 is 2.53 bits per heavy atom. The summed E-state index contributed by atoms with van der Waals surface area (Å²) < 4.78 is 0. The quantitative estimate of drug-likeness (QED) is 0.796. The number of urea groups is 1. The Bertz CT molecular complexity index is 263. The molecule has 1 saturated carbocycles. The van der Waals surface area contributed by atoms with Gasteiger partial charge in [0, 0.05) is 26.2 Å². The van der Waals surface area contributed by atoms with E-state index in [4.69, 9.17) is 5.73 Å². The SMILES string of the molecule is CN(C(=O)N1CCCC1)C1CCCCC1CN. The highest BCUT2D eigenvalue weighted by Gasteiger charge is 2.32. The molecule has 2 amide bonds. The van der Waals surface area contributed by atoms with Gasteiger partial charge in [-0.05, 0) is 38.1 Å². The van der Waals surface area contributed by atoms with E-state index in [0.29, 0.717) is 18.5 Å². The second-order valence-electron chi connectivity index (χ2n) is 5.44. The predicted molar refractivity (Wildman–Crippen MR) is 68.8 cm³/mol. The van der Waals surface area contributed by atoms with Crippen LogP contribution < -0.4 is 5.73 Å². The van der Waals surface area contributed by atoms with Crippen molar-refractivity contribution in [3.05, 3.63) is 0 Å². The molecule has 2 fully saturated rings. The summed E-state index contributed by atoms with van der Waals surface area (Å²) in [4.78, 5) is 16.3. The van der Waals surface area contributed by atoms with Crippen LogP contribution in [-0.2, 0) is 0 Å². The van der Waals surface area contributed by atoms with Gasteiger partial charge in [0.05, 0.1) is 0 Å². The molecule has 0 aromatic rings. The first-order chi connectivity index (χ1) is 8.24. The Labute approximate surface area is 104 Å². The third-order valence-electron chi connectivity index (χ3n) is 4.35. The maximum atomic E-state index is 12.3. The molecule has 17 heavy (non-hydrogen) atoms. The number of hydrogen-bond acceptors (Lipinski definition) is 2. The molecule has 4 heteroatoms. The normalized spacial score (nSPS) is 29.4. The number of nitrogens with two attached hydrogens (primary N) is 1. The first-order valence-corrected chi connectivity index (χ1v) is 6.96. The number of hydrogen-bond donors (Lipinski definition) is 1. The smallest absolute Gasteiger partial charge is 0.319 e. The summed E-state index contributed by atoms with van der Waals surface area (Å²) in [5.41, 5.74) is 5.83. The zero-order valence-corrected chi connectivity index (χ0v) is 10.9. The molecule has 1 saturated heterocycles. The second kappa shape index (κ2) is 5.71. The van der Waals surface area contributed by atoms with Crippen LogP contribution in [0.15, 0.2) is 0 Å². The lowest BCUT2D eigenvalue weighted by molar-refractivity contribution is 0.117. The average Bonchev–Trinajstić information content (AvgIpc) is 2.90. The van der Waals surface area contributed by atoms with Crippen molar-refractivity contribution in [2.24, 2.45) is 11.7 Å². The number of rotatable bonds is 2. The van der Waals surface area contributed by atoms with Crippen LogP contribution >= 0.6 is 0 Å². The highest BCUT2D eigenvalue weighted by Crippen LogP contribution is 2.28. The van der Waals surface area contributed by atoms with E-state index in [1.807, 2.05) is 16.8 Å². The van der Waals surface area contributed by atoms with Crippen LogP contribution in [0.4, 0.5) is 4.79 Å². The largest absolute Gasteiger partial charge is 0.330 e. The van der Waals surface area contributed by atoms with E-state index in [1.165, 1.54) is 19.3 Å². The number of nitrogens with zero attached hydrogens (tertiary/aromatic N) is 2. The molecular formula is C13H25N3O. The van der Waals surface area contributed by atoms with E-state index in [-0.39, 0.29) is 6.03 Å². The maximum Gasteiger partial charge on any atom is 0.319 e. The lowest BCUT2D eigenvalue weighted by atomic mass is 9.84. The molecule has 1 aliphatic carbocycles. The van der Waals surface area contributed by atoms with E-state index in [2.05, 4.69) is 0 Å². The molecule has 0 spiro atoms. The van der Waals surface area contributed by atoms with Crippen molar-refractivity contribution in [2.75, 3.05) is 26.7 Å². The van der Waals surface area contributed by atoms with Gasteiger partial charge in [0.25, 0.3) is 0 Å². The predicted octanol–water partition coefficient (Wildman–Crippen LogP) is 1.65. The van der Waals surface area contributed by atoms with Gasteiger partial charge in [-0.15, -0.1) is 0 Å². The molecule has 0 radical (unpaired) electrons. The average molecular weight is 239 g/mol. The van der Waals surface area contributed by atoms with Gasteiger partial charge in [-0.2, -0.15) is 0 Å². The summed E-state index contributed by atoms with van der Waals surface area (Å²) in [6.07, 6.45) is 7.12. The molecule has 2 atom stereocenters. The van der Waals surface area contributed by atoms with Gasteiger partial charge < -0.3 is 15.5 Å². The lowest BCUT2D eigenvalue weighted by Crippen LogP contribution is -2.50. The topological polar surface area (TPSA) is 49.6 Å². The van der Waals surface area contributed by atoms with Crippen molar-refractivity contribution >= 4 is 6.03 Å². The summed E-state index contributed by atoms with van der Waals surface area (Å²) in [7, 11) is 1.96. The highest BCUT2D eigenvalue weighted by atomic mass is 16.2. The number of carbonyl (C=O) groups is 1. The van der Waals surface area contributed by atoms with E-state index in [0.717, 1.165) is 32.4 Å². The molecule has 0 aromatic carbocycles. The molecule has 1 aliphatic heterocycles. The van der Waals surface area contributed by atoms with Crippen LogP contribution in [0.5, 0.6) is 0 Å². The molecule has 0 aromatic heterocycles. The van der Waals surface area contributed by atoms with Gasteiger partial charge in [-0.25, -0.2) is 4.79 Å². The zero-order valence-electron chi connectivity index (χ0n) is 10.9.